The summed E-state index contributed by atoms with van der Waals surface area (Å²) < 4.78 is 5.35. The molecule has 23 heavy (non-hydrogen) atoms. The highest BCUT2D eigenvalue weighted by Gasteiger charge is 2.23. The average molecular weight is 323 g/mol. The van der Waals surface area contributed by atoms with Crippen molar-refractivity contribution in [3.05, 3.63) is 11.7 Å². The van der Waals surface area contributed by atoms with Gasteiger partial charge in [0.1, 0.15) is 0 Å². The van der Waals surface area contributed by atoms with E-state index in [1.54, 1.807) is 5.48 Å². The van der Waals surface area contributed by atoms with Crippen molar-refractivity contribution in [1.82, 2.24) is 15.6 Å². The average Bonchev–Trinajstić information content (AvgIpc) is 3.05. The van der Waals surface area contributed by atoms with E-state index in [9.17, 15) is 4.79 Å². The molecule has 6 heteroatoms. The second-order valence-electron chi connectivity index (χ2n) is 7.02. The number of nitrogens with one attached hydrogen (secondary N) is 1. The summed E-state index contributed by atoms with van der Waals surface area (Å²) in [5.74, 6) is 1.68. The molecule has 2 rings (SSSR count). The van der Waals surface area contributed by atoms with Crippen LogP contribution in [0, 0.1) is 5.92 Å². The number of amides is 1. The van der Waals surface area contributed by atoms with E-state index in [2.05, 4.69) is 10.1 Å². The Kier molecular flexibility index (Phi) is 7.02. The molecule has 1 saturated carbocycles. The standard InChI is InChI=1S/C17H29N3O3/c1-12(2)16-18-17(23-20-16)14(11-15(21)19-22)10-6-9-13-7-4-3-5-8-13/h12-14,22H,3-11H2,1-2H3,(H,19,21)/t14-/m1/s1. The summed E-state index contributed by atoms with van der Waals surface area (Å²) in [6, 6.07) is 0. The van der Waals surface area contributed by atoms with Gasteiger partial charge in [0, 0.05) is 18.3 Å². The van der Waals surface area contributed by atoms with E-state index in [-0.39, 0.29) is 18.3 Å². The zero-order valence-corrected chi connectivity index (χ0v) is 14.3. The molecule has 0 aliphatic heterocycles. The van der Waals surface area contributed by atoms with Crippen LogP contribution in [-0.2, 0) is 4.79 Å². The zero-order valence-electron chi connectivity index (χ0n) is 14.3. The molecule has 0 spiro atoms. The number of nitrogens with zero attached hydrogens (tertiary/aromatic N) is 2. The van der Waals surface area contributed by atoms with E-state index in [4.69, 9.17) is 9.73 Å². The van der Waals surface area contributed by atoms with Gasteiger partial charge in [0.15, 0.2) is 5.82 Å². The maximum atomic E-state index is 11.6. The van der Waals surface area contributed by atoms with Crippen LogP contribution in [0.25, 0.3) is 0 Å². The van der Waals surface area contributed by atoms with Gasteiger partial charge in [-0.1, -0.05) is 63.9 Å². The topological polar surface area (TPSA) is 88.2 Å². The largest absolute Gasteiger partial charge is 0.339 e. The number of carbonyl (C=O) groups is 1. The lowest BCUT2D eigenvalue weighted by Gasteiger charge is -2.22. The van der Waals surface area contributed by atoms with Crippen LogP contribution in [0.5, 0.6) is 0 Å². The number of carbonyl (C=O) groups excluding carboxylic acids is 1. The molecule has 0 saturated heterocycles. The summed E-state index contributed by atoms with van der Waals surface area (Å²) in [6.45, 7) is 4.01. The van der Waals surface area contributed by atoms with Gasteiger partial charge < -0.3 is 4.52 Å². The fourth-order valence-corrected chi connectivity index (χ4v) is 3.36. The van der Waals surface area contributed by atoms with Crippen molar-refractivity contribution >= 4 is 5.91 Å². The first-order valence-electron chi connectivity index (χ1n) is 8.86. The minimum atomic E-state index is -0.406. The summed E-state index contributed by atoms with van der Waals surface area (Å²) in [5, 5.41) is 12.8. The fourth-order valence-electron chi connectivity index (χ4n) is 3.36. The van der Waals surface area contributed by atoms with Gasteiger partial charge in [-0.2, -0.15) is 4.98 Å². The number of hydrogen-bond donors (Lipinski definition) is 2. The van der Waals surface area contributed by atoms with Gasteiger partial charge in [-0.15, -0.1) is 0 Å². The minimum absolute atomic E-state index is 0.120. The molecule has 2 N–H and O–H groups in total. The molecule has 1 fully saturated rings. The Balaban J connectivity index is 1.91. The molecule has 1 aliphatic rings. The molecule has 0 bridgehead atoms. The second kappa shape index (κ2) is 9.01. The number of hydroxylamine groups is 1. The van der Waals surface area contributed by atoms with Gasteiger partial charge in [-0.3, -0.25) is 10.0 Å². The van der Waals surface area contributed by atoms with Crippen LogP contribution in [0.4, 0.5) is 0 Å². The van der Waals surface area contributed by atoms with Crippen molar-refractivity contribution in [2.45, 2.75) is 83.5 Å². The zero-order chi connectivity index (χ0) is 16.7. The summed E-state index contributed by atoms with van der Waals surface area (Å²) in [7, 11) is 0. The van der Waals surface area contributed by atoms with Crippen LogP contribution < -0.4 is 5.48 Å². The molecule has 1 heterocycles. The highest BCUT2D eigenvalue weighted by molar-refractivity contribution is 5.75. The maximum absolute atomic E-state index is 11.6. The van der Waals surface area contributed by atoms with Gasteiger partial charge in [-0.25, -0.2) is 5.48 Å². The Morgan fingerprint density at radius 3 is 2.70 bits per heavy atom. The van der Waals surface area contributed by atoms with Crippen LogP contribution in [0.15, 0.2) is 4.52 Å². The molecule has 1 atom stereocenters. The molecule has 1 aromatic rings. The summed E-state index contributed by atoms with van der Waals surface area (Å²) >= 11 is 0. The maximum Gasteiger partial charge on any atom is 0.244 e. The molecule has 6 nitrogen and oxygen atoms in total. The molecular formula is C17H29N3O3. The van der Waals surface area contributed by atoms with Crippen molar-refractivity contribution in [3.8, 4) is 0 Å². The Morgan fingerprint density at radius 1 is 1.35 bits per heavy atom. The lowest BCUT2D eigenvalue weighted by atomic mass is 9.84. The van der Waals surface area contributed by atoms with Gasteiger partial charge in [-0.05, 0) is 12.3 Å². The van der Waals surface area contributed by atoms with Crippen LogP contribution >= 0.6 is 0 Å². The Morgan fingerprint density at radius 2 is 2.09 bits per heavy atom. The van der Waals surface area contributed by atoms with E-state index in [0.717, 1.165) is 18.8 Å². The van der Waals surface area contributed by atoms with E-state index in [0.29, 0.717) is 11.7 Å². The Hall–Kier alpha value is -1.43. The molecule has 1 aliphatic carbocycles. The van der Waals surface area contributed by atoms with Crippen LogP contribution in [0.3, 0.4) is 0 Å². The third kappa shape index (κ3) is 5.61. The third-order valence-corrected chi connectivity index (χ3v) is 4.77. The summed E-state index contributed by atoms with van der Waals surface area (Å²) in [4.78, 5) is 16.0. The SMILES string of the molecule is CC(C)c1noc([C@H](CCCC2CCCCC2)CC(=O)NO)n1. The third-order valence-electron chi connectivity index (χ3n) is 4.77. The van der Waals surface area contributed by atoms with E-state index >= 15 is 0 Å². The molecule has 0 aromatic carbocycles. The van der Waals surface area contributed by atoms with Crippen molar-refractivity contribution in [2.24, 2.45) is 5.92 Å². The smallest absolute Gasteiger partial charge is 0.244 e. The molecule has 0 radical (unpaired) electrons. The number of aromatic nitrogens is 2. The van der Waals surface area contributed by atoms with Gasteiger partial charge in [0.05, 0.1) is 0 Å². The first-order chi connectivity index (χ1) is 11.1. The second-order valence-corrected chi connectivity index (χ2v) is 7.02. The summed E-state index contributed by atoms with van der Waals surface area (Å²) in [5.41, 5.74) is 1.71. The van der Waals surface area contributed by atoms with Crippen molar-refractivity contribution in [3.63, 3.8) is 0 Å². The minimum Gasteiger partial charge on any atom is -0.339 e. The highest BCUT2D eigenvalue weighted by Crippen LogP contribution is 2.31. The number of rotatable bonds is 8. The van der Waals surface area contributed by atoms with Crippen LogP contribution in [-0.4, -0.2) is 21.3 Å². The Bertz CT molecular complexity index is 481. The van der Waals surface area contributed by atoms with Crippen molar-refractivity contribution < 1.29 is 14.5 Å². The van der Waals surface area contributed by atoms with Crippen LogP contribution in [0.2, 0.25) is 0 Å². The van der Waals surface area contributed by atoms with Gasteiger partial charge in [0.25, 0.3) is 0 Å². The summed E-state index contributed by atoms with van der Waals surface area (Å²) in [6.07, 6.45) is 10.0. The predicted octanol–water partition coefficient (Wildman–Crippen LogP) is 3.92. The molecular weight excluding hydrogens is 294 g/mol. The Labute approximate surface area is 138 Å². The molecule has 130 valence electrons. The first-order valence-corrected chi connectivity index (χ1v) is 8.86. The molecule has 1 aromatic heterocycles. The lowest BCUT2D eigenvalue weighted by molar-refractivity contribution is -0.129. The van der Waals surface area contributed by atoms with Crippen molar-refractivity contribution in [2.75, 3.05) is 0 Å². The predicted molar refractivity (Wildman–Crippen MR) is 86.1 cm³/mol. The van der Waals surface area contributed by atoms with E-state index in [1.807, 2.05) is 13.8 Å². The lowest BCUT2D eigenvalue weighted by Crippen LogP contribution is -2.21. The fraction of sp³-hybridized carbons (Fsp3) is 0.824. The van der Waals surface area contributed by atoms with E-state index in [1.165, 1.54) is 38.5 Å². The van der Waals surface area contributed by atoms with Gasteiger partial charge in [0.2, 0.25) is 11.8 Å². The van der Waals surface area contributed by atoms with Crippen LogP contribution in [0.1, 0.15) is 95.2 Å². The van der Waals surface area contributed by atoms with Gasteiger partial charge >= 0.3 is 0 Å². The monoisotopic (exact) mass is 323 g/mol. The normalized spacial score (nSPS) is 17.4. The first kappa shape index (κ1) is 17.9. The van der Waals surface area contributed by atoms with Crippen molar-refractivity contribution in [1.29, 1.82) is 0 Å². The van der Waals surface area contributed by atoms with E-state index < -0.39 is 5.91 Å². The number of hydrogen-bond acceptors (Lipinski definition) is 5. The molecule has 1 amide bonds. The molecule has 0 unspecified atom stereocenters. The quantitative estimate of drug-likeness (QED) is 0.559. The highest BCUT2D eigenvalue weighted by atomic mass is 16.5.